The number of thioether (sulfide) groups is 1. The van der Waals surface area contributed by atoms with Crippen LogP contribution in [0.2, 0.25) is 5.02 Å². The maximum Gasteiger partial charge on any atom is 0.306 e. The predicted molar refractivity (Wildman–Crippen MR) is 103 cm³/mol. The van der Waals surface area contributed by atoms with E-state index in [4.69, 9.17) is 21.6 Å². The van der Waals surface area contributed by atoms with Crippen LogP contribution in [0.15, 0.2) is 34.5 Å². The molecule has 0 radical (unpaired) electrons. The van der Waals surface area contributed by atoms with Crippen LogP contribution in [-0.4, -0.2) is 29.1 Å². The first-order chi connectivity index (χ1) is 12.5. The van der Waals surface area contributed by atoms with Crippen molar-refractivity contribution >= 4 is 46.5 Å². The summed E-state index contributed by atoms with van der Waals surface area (Å²) < 4.78 is 4.99. The molecule has 0 unspecified atom stereocenters. The summed E-state index contributed by atoms with van der Waals surface area (Å²) >= 11 is 8.70. The molecule has 0 aliphatic rings. The molecule has 136 valence electrons. The van der Waals surface area contributed by atoms with Crippen molar-refractivity contribution in [1.82, 2.24) is 4.98 Å². The maximum atomic E-state index is 12.1. The van der Waals surface area contributed by atoms with E-state index in [0.717, 1.165) is 16.3 Å². The summed E-state index contributed by atoms with van der Waals surface area (Å²) in [6.45, 7) is 1.39. The molecule has 0 amide bonds. The van der Waals surface area contributed by atoms with E-state index in [-0.39, 0.29) is 6.42 Å². The zero-order valence-electron chi connectivity index (χ0n) is 14.1. The quantitative estimate of drug-likeness (QED) is 0.347. The Kier molecular flexibility index (Phi) is 8.10. The maximum absolute atomic E-state index is 12.1. The number of ether oxygens (including phenoxy) is 1. The van der Waals surface area contributed by atoms with Gasteiger partial charge in [0.15, 0.2) is 18.3 Å². The fourth-order valence-electron chi connectivity index (χ4n) is 2.01. The molecule has 0 N–H and O–H groups in total. The molecular formula is C18H17ClN2O3S2. The second-order valence-corrected chi connectivity index (χ2v) is 7.92. The molecule has 0 bridgehead atoms. The van der Waals surface area contributed by atoms with Gasteiger partial charge in [-0.25, -0.2) is 4.98 Å². The van der Waals surface area contributed by atoms with Gasteiger partial charge in [0, 0.05) is 27.4 Å². The smallest absolute Gasteiger partial charge is 0.306 e. The number of nitrogens with zero attached hydrogens (tertiary/aromatic N) is 2. The Hall–Kier alpha value is -1.88. The number of ketones is 1. The van der Waals surface area contributed by atoms with Gasteiger partial charge in [0.2, 0.25) is 0 Å². The molecule has 8 heteroatoms. The summed E-state index contributed by atoms with van der Waals surface area (Å²) in [6, 6.07) is 9.41. The van der Waals surface area contributed by atoms with Gasteiger partial charge in [-0.05, 0) is 43.4 Å². The van der Waals surface area contributed by atoms with Crippen molar-refractivity contribution in [3.8, 4) is 6.07 Å². The van der Waals surface area contributed by atoms with Gasteiger partial charge in [-0.3, -0.25) is 9.59 Å². The number of aryl methyl sites for hydroxylation is 1. The Morgan fingerprint density at radius 2 is 2.12 bits per heavy atom. The van der Waals surface area contributed by atoms with Crippen LogP contribution in [0.5, 0.6) is 0 Å². The Labute approximate surface area is 165 Å². The molecule has 0 saturated carbocycles. The van der Waals surface area contributed by atoms with Gasteiger partial charge in [-0.1, -0.05) is 11.6 Å². The minimum Gasteiger partial charge on any atom is -0.458 e. The van der Waals surface area contributed by atoms with Crippen LogP contribution < -0.4 is 0 Å². The average Bonchev–Trinajstić information content (AvgIpc) is 3.05. The van der Waals surface area contributed by atoms with E-state index in [2.05, 4.69) is 4.98 Å². The van der Waals surface area contributed by atoms with Crippen LogP contribution in [0.4, 0.5) is 0 Å². The number of hydrogen-bond donors (Lipinski definition) is 0. The van der Waals surface area contributed by atoms with Crippen LogP contribution >= 0.6 is 34.7 Å². The standard InChI is InChI=1S/C18H17ClN2O3S2/c1-12-11-26-18(21-12)15(9-20)16(22)10-24-17(23)3-2-8-25-14-6-4-13(19)5-7-14/h4-7,11,15H,2-3,8,10H2,1H3/t15-/m1/s1. The SMILES string of the molecule is Cc1csc([C@H](C#N)C(=O)COC(=O)CCCSc2ccc(Cl)cc2)n1. The van der Waals surface area contributed by atoms with Crippen molar-refractivity contribution in [3.05, 3.63) is 45.4 Å². The number of thiazole rings is 1. The Morgan fingerprint density at radius 3 is 2.73 bits per heavy atom. The summed E-state index contributed by atoms with van der Waals surface area (Å²) in [7, 11) is 0. The first kappa shape index (κ1) is 20.4. The average molecular weight is 409 g/mol. The van der Waals surface area contributed by atoms with Crippen molar-refractivity contribution < 1.29 is 14.3 Å². The third-order valence-electron chi connectivity index (χ3n) is 3.32. The molecule has 0 aliphatic heterocycles. The number of esters is 1. The van der Waals surface area contributed by atoms with E-state index in [1.165, 1.54) is 11.3 Å². The van der Waals surface area contributed by atoms with Crippen molar-refractivity contribution in [2.75, 3.05) is 12.4 Å². The minimum absolute atomic E-state index is 0.224. The Bertz CT molecular complexity index is 800. The van der Waals surface area contributed by atoms with Crippen molar-refractivity contribution in [3.63, 3.8) is 0 Å². The molecule has 1 aromatic carbocycles. The summed E-state index contributed by atoms with van der Waals surface area (Å²) in [5.41, 5.74) is 0.758. The number of halogens is 1. The highest BCUT2D eigenvalue weighted by Crippen LogP contribution is 2.22. The molecule has 2 rings (SSSR count). The monoisotopic (exact) mass is 408 g/mol. The zero-order chi connectivity index (χ0) is 18.9. The third kappa shape index (κ3) is 6.45. The van der Waals surface area contributed by atoms with Gasteiger partial charge in [0.05, 0.1) is 6.07 Å². The van der Waals surface area contributed by atoms with Crippen LogP contribution in [-0.2, 0) is 14.3 Å². The number of benzene rings is 1. The van der Waals surface area contributed by atoms with E-state index in [0.29, 0.717) is 16.5 Å². The fourth-order valence-corrected chi connectivity index (χ4v) is 3.85. The summed E-state index contributed by atoms with van der Waals surface area (Å²) in [5.74, 6) is -1.13. The lowest BCUT2D eigenvalue weighted by atomic mass is 10.1. The summed E-state index contributed by atoms with van der Waals surface area (Å²) in [4.78, 5) is 29.1. The largest absolute Gasteiger partial charge is 0.458 e. The van der Waals surface area contributed by atoms with Gasteiger partial charge in [-0.2, -0.15) is 5.26 Å². The number of carbonyl (C=O) groups excluding carboxylic acids is 2. The molecule has 0 spiro atoms. The number of Topliss-reactive ketones (excluding diaryl/α,β-unsaturated/α-hetero) is 1. The predicted octanol–water partition coefficient (Wildman–Crippen LogP) is 4.40. The van der Waals surface area contributed by atoms with Gasteiger partial charge < -0.3 is 4.74 Å². The molecule has 0 aliphatic carbocycles. The van der Waals surface area contributed by atoms with E-state index in [9.17, 15) is 9.59 Å². The molecule has 26 heavy (non-hydrogen) atoms. The summed E-state index contributed by atoms with van der Waals surface area (Å²) in [6.07, 6.45) is 0.856. The van der Waals surface area contributed by atoms with Crippen LogP contribution in [0.25, 0.3) is 0 Å². The minimum atomic E-state index is -0.984. The number of nitriles is 1. The molecule has 5 nitrogen and oxygen atoms in total. The van der Waals surface area contributed by atoms with Gasteiger partial charge in [0.1, 0.15) is 5.01 Å². The van der Waals surface area contributed by atoms with E-state index >= 15 is 0 Å². The topological polar surface area (TPSA) is 80.0 Å². The second kappa shape index (κ2) is 10.3. The zero-order valence-corrected chi connectivity index (χ0v) is 16.5. The highest BCUT2D eigenvalue weighted by atomic mass is 35.5. The van der Waals surface area contributed by atoms with Crippen molar-refractivity contribution in [2.24, 2.45) is 0 Å². The molecule has 0 fully saturated rings. The highest BCUT2D eigenvalue weighted by Gasteiger charge is 2.24. The highest BCUT2D eigenvalue weighted by molar-refractivity contribution is 7.99. The van der Waals surface area contributed by atoms with Gasteiger partial charge in [0.25, 0.3) is 0 Å². The lowest BCUT2D eigenvalue weighted by Gasteiger charge is -2.07. The Morgan fingerprint density at radius 1 is 1.38 bits per heavy atom. The van der Waals surface area contributed by atoms with Gasteiger partial charge >= 0.3 is 5.97 Å². The first-order valence-electron chi connectivity index (χ1n) is 7.88. The van der Waals surface area contributed by atoms with E-state index < -0.39 is 24.3 Å². The second-order valence-electron chi connectivity index (χ2n) is 5.42. The van der Waals surface area contributed by atoms with E-state index in [1.54, 1.807) is 24.1 Å². The molecule has 0 saturated heterocycles. The lowest BCUT2D eigenvalue weighted by molar-refractivity contribution is -0.148. The molecule has 2 aromatic rings. The van der Waals surface area contributed by atoms with Crippen molar-refractivity contribution in [2.45, 2.75) is 30.6 Å². The van der Waals surface area contributed by atoms with Crippen LogP contribution in [0, 0.1) is 18.3 Å². The molecule has 1 aromatic heterocycles. The number of rotatable bonds is 9. The molecule has 1 atom stereocenters. The molecule has 1 heterocycles. The van der Waals surface area contributed by atoms with E-state index in [1.807, 2.05) is 30.3 Å². The number of hydrogen-bond acceptors (Lipinski definition) is 7. The van der Waals surface area contributed by atoms with Crippen LogP contribution in [0.1, 0.15) is 29.5 Å². The number of carbonyl (C=O) groups is 2. The summed E-state index contributed by atoms with van der Waals surface area (Å²) in [5, 5.41) is 12.1. The lowest BCUT2D eigenvalue weighted by Crippen LogP contribution is -2.19. The molecular weight excluding hydrogens is 392 g/mol. The third-order valence-corrected chi connectivity index (χ3v) is 5.70. The van der Waals surface area contributed by atoms with Gasteiger partial charge in [-0.15, -0.1) is 23.1 Å². The Balaban J connectivity index is 1.68. The number of aromatic nitrogens is 1. The van der Waals surface area contributed by atoms with Crippen LogP contribution in [0.3, 0.4) is 0 Å². The first-order valence-corrected chi connectivity index (χ1v) is 10.1. The fraction of sp³-hybridized carbons (Fsp3) is 0.333. The van der Waals surface area contributed by atoms with Crippen molar-refractivity contribution in [1.29, 1.82) is 5.26 Å². The normalized spacial score (nSPS) is 11.6.